The zero-order valence-electron chi connectivity index (χ0n) is 23.3. The van der Waals surface area contributed by atoms with Crippen LogP contribution < -0.4 is 10.6 Å². The van der Waals surface area contributed by atoms with Gasteiger partial charge in [-0.15, -0.1) is 0 Å². The fraction of sp³-hybridized carbons (Fsp3) is 0.862. The van der Waals surface area contributed by atoms with Gasteiger partial charge in [-0.05, 0) is 58.4 Å². The predicted octanol–water partition coefficient (Wildman–Crippen LogP) is 4.29. The van der Waals surface area contributed by atoms with Gasteiger partial charge in [-0.25, -0.2) is 0 Å². The first-order valence-corrected chi connectivity index (χ1v) is 14.6. The second kappa shape index (κ2) is 20.8. The van der Waals surface area contributed by atoms with Crippen LogP contribution in [0.3, 0.4) is 0 Å². The van der Waals surface area contributed by atoms with Gasteiger partial charge >= 0.3 is 0 Å². The Hall–Kier alpha value is -2.16. The number of unbranched alkanes of at least 4 members (excludes halogenated alkanes) is 4. The van der Waals surface area contributed by atoms with Gasteiger partial charge in [0.25, 0.3) is 0 Å². The number of amides is 2. The molecule has 0 aliphatic heterocycles. The van der Waals surface area contributed by atoms with Crippen LogP contribution in [0.4, 0.5) is 0 Å². The summed E-state index contributed by atoms with van der Waals surface area (Å²) >= 11 is 0. The summed E-state index contributed by atoms with van der Waals surface area (Å²) in [4.78, 5) is 26.4. The first-order valence-electron chi connectivity index (χ1n) is 14.6. The average molecular weight is 518 g/mol. The molecule has 0 saturated heterocycles. The van der Waals surface area contributed by atoms with Crippen molar-refractivity contribution >= 4 is 11.8 Å². The molecular formula is C29H51N5O3. The number of hydrogen-bond donors (Lipinski definition) is 3. The molecule has 0 radical (unpaired) electrons. The van der Waals surface area contributed by atoms with Crippen LogP contribution in [0, 0.1) is 40.4 Å². The number of nitriles is 2. The van der Waals surface area contributed by atoms with E-state index in [1.165, 1.54) is 19.3 Å². The average Bonchev–Trinajstić information content (AvgIpc) is 2.86. The van der Waals surface area contributed by atoms with Gasteiger partial charge in [0.15, 0.2) is 0 Å². The minimum absolute atomic E-state index is 0.0323. The standard InChI is InChI=1S/C29H51N5O3/c1-24(20-30)22-32-28(36)14-7-3-5-10-26(16-17-34(18-19-35)27-12-9-13-27)11-6-4-8-15-29(37)33-23-25(2)21-31/h24-27,35H,3-19,22-23H2,1-2H3,(H,32,36)(H,33,37). The van der Waals surface area contributed by atoms with Crippen LogP contribution in [0.2, 0.25) is 0 Å². The quantitative estimate of drug-likeness (QED) is 0.184. The monoisotopic (exact) mass is 517 g/mol. The summed E-state index contributed by atoms with van der Waals surface area (Å²) in [6.45, 7) is 6.46. The van der Waals surface area contributed by atoms with Crippen molar-refractivity contribution in [3.05, 3.63) is 0 Å². The number of nitrogens with one attached hydrogen (secondary N) is 2. The molecule has 1 aliphatic carbocycles. The molecule has 2 unspecified atom stereocenters. The third-order valence-electron chi connectivity index (χ3n) is 7.49. The van der Waals surface area contributed by atoms with E-state index in [0.29, 0.717) is 37.9 Å². The van der Waals surface area contributed by atoms with Crippen LogP contribution in [-0.4, -0.2) is 60.6 Å². The highest BCUT2D eigenvalue weighted by atomic mass is 16.3. The maximum atomic E-state index is 11.9. The lowest BCUT2D eigenvalue weighted by Gasteiger charge is -2.38. The van der Waals surface area contributed by atoms with Gasteiger partial charge in [0.1, 0.15) is 0 Å². The lowest BCUT2D eigenvalue weighted by atomic mass is 9.89. The molecule has 0 aromatic carbocycles. The van der Waals surface area contributed by atoms with E-state index in [2.05, 4.69) is 27.7 Å². The van der Waals surface area contributed by atoms with E-state index < -0.39 is 0 Å². The topological polar surface area (TPSA) is 129 Å². The summed E-state index contributed by atoms with van der Waals surface area (Å²) in [5, 5.41) is 32.8. The van der Waals surface area contributed by atoms with Crippen molar-refractivity contribution in [3.63, 3.8) is 0 Å². The number of rotatable bonds is 22. The highest BCUT2D eigenvalue weighted by Crippen LogP contribution is 2.27. The van der Waals surface area contributed by atoms with E-state index in [-0.39, 0.29) is 30.3 Å². The Bertz CT molecular complexity index is 667. The first kappa shape index (κ1) is 32.9. The number of nitrogens with zero attached hydrogens (tertiary/aromatic N) is 3. The van der Waals surface area contributed by atoms with Gasteiger partial charge in [-0.2, -0.15) is 10.5 Å². The van der Waals surface area contributed by atoms with Crippen molar-refractivity contribution in [1.29, 1.82) is 10.5 Å². The third-order valence-corrected chi connectivity index (χ3v) is 7.49. The van der Waals surface area contributed by atoms with E-state index in [4.69, 9.17) is 10.5 Å². The number of carbonyl (C=O) groups excluding carboxylic acids is 2. The van der Waals surface area contributed by atoms with E-state index in [9.17, 15) is 14.7 Å². The molecular weight excluding hydrogens is 466 g/mol. The molecule has 2 amide bonds. The molecule has 8 nitrogen and oxygen atoms in total. The highest BCUT2D eigenvalue weighted by Gasteiger charge is 2.25. The summed E-state index contributed by atoms with van der Waals surface area (Å²) in [5.41, 5.74) is 0. The number of aliphatic hydroxyl groups excluding tert-OH is 1. The molecule has 0 bridgehead atoms. The third kappa shape index (κ3) is 16.3. The molecule has 1 fully saturated rings. The van der Waals surface area contributed by atoms with E-state index >= 15 is 0 Å². The number of aliphatic hydroxyl groups is 1. The Balaban J connectivity index is 2.35. The van der Waals surface area contributed by atoms with Gasteiger partial charge in [0.2, 0.25) is 11.8 Å². The molecule has 0 aromatic rings. The zero-order valence-corrected chi connectivity index (χ0v) is 23.3. The second-order valence-electron chi connectivity index (χ2n) is 10.9. The van der Waals surface area contributed by atoms with Crippen molar-refractivity contribution in [2.45, 2.75) is 110 Å². The summed E-state index contributed by atoms with van der Waals surface area (Å²) in [7, 11) is 0. The summed E-state index contributed by atoms with van der Waals surface area (Å²) in [6.07, 6.45) is 14.3. The predicted molar refractivity (Wildman–Crippen MR) is 146 cm³/mol. The summed E-state index contributed by atoms with van der Waals surface area (Å²) in [5.74, 6) is 0.375. The molecule has 210 valence electrons. The Labute approximate surface area is 225 Å². The molecule has 0 aromatic heterocycles. The van der Waals surface area contributed by atoms with Crippen LogP contribution in [-0.2, 0) is 9.59 Å². The minimum Gasteiger partial charge on any atom is -0.395 e. The largest absolute Gasteiger partial charge is 0.395 e. The lowest BCUT2D eigenvalue weighted by molar-refractivity contribution is -0.122. The first-order chi connectivity index (χ1) is 17.9. The SMILES string of the molecule is CC(C#N)CNC(=O)CCCCCC(CCCCCC(=O)NCC(C)C#N)CCN(CCO)C1CCC1. The van der Waals surface area contributed by atoms with Gasteiger partial charge < -0.3 is 15.7 Å². The molecule has 8 heteroatoms. The summed E-state index contributed by atoms with van der Waals surface area (Å²) in [6, 6.07) is 4.90. The summed E-state index contributed by atoms with van der Waals surface area (Å²) < 4.78 is 0. The Morgan fingerprint density at radius 2 is 1.35 bits per heavy atom. The van der Waals surface area contributed by atoms with Crippen LogP contribution in [0.15, 0.2) is 0 Å². The lowest BCUT2D eigenvalue weighted by Crippen LogP contribution is -2.42. The zero-order chi connectivity index (χ0) is 27.3. The fourth-order valence-electron chi connectivity index (χ4n) is 4.73. The van der Waals surface area contributed by atoms with E-state index in [1.54, 1.807) is 13.8 Å². The van der Waals surface area contributed by atoms with Crippen LogP contribution in [0.5, 0.6) is 0 Å². The second-order valence-corrected chi connectivity index (χ2v) is 10.9. The van der Waals surface area contributed by atoms with Gasteiger partial charge in [-0.1, -0.05) is 44.9 Å². The van der Waals surface area contributed by atoms with Crippen LogP contribution in [0.25, 0.3) is 0 Å². The van der Waals surface area contributed by atoms with Gasteiger partial charge in [0, 0.05) is 38.5 Å². The number of hydrogen-bond acceptors (Lipinski definition) is 6. The smallest absolute Gasteiger partial charge is 0.220 e. The maximum Gasteiger partial charge on any atom is 0.220 e. The van der Waals surface area contributed by atoms with Crippen molar-refractivity contribution in [2.75, 3.05) is 32.8 Å². The fourth-order valence-corrected chi connectivity index (χ4v) is 4.73. The van der Waals surface area contributed by atoms with Crippen molar-refractivity contribution < 1.29 is 14.7 Å². The van der Waals surface area contributed by atoms with Crippen molar-refractivity contribution in [3.8, 4) is 12.1 Å². The van der Waals surface area contributed by atoms with Crippen molar-refractivity contribution in [2.24, 2.45) is 17.8 Å². The molecule has 1 rings (SSSR count). The normalized spacial score (nSPS) is 15.7. The van der Waals surface area contributed by atoms with E-state index in [1.807, 2.05) is 0 Å². The molecule has 0 spiro atoms. The van der Waals surface area contributed by atoms with Crippen molar-refractivity contribution in [1.82, 2.24) is 15.5 Å². The molecule has 1 saturated carbocycles. The van der Waals surface area contributed by atoms with Gasteiger partial charge in [-0.3, -0.25) is 14.5 Å². The molecule has 37 heavy (non-hydrogen) atoms. The van der Waals surface area contributed by atoms with Gasteiger partial charge in [0.05, 0.1) is 30.6 Å². The molecule has 0 heterocycles. The van der Waals surface area contributed by atoms with Crippen LogP contribution in [0.1, 0.15) is 104 Å². The highest BCUT2D eigenvalue weighted by molar-refractivity contribution is 5.76. The van der Waals surface area contributed by atoms with Crippen LogP contribution >= 0.6 is 0 Å². The molecule has 3 N–H and O–H groups in total. The molecule has 2 atom stereocenters. The maximum absolute atomic E-state index is 11.9. The Morgan fingerprint density at radius 1 is 0.838 bits per heavy atom. The Kier molecular flexibility index (Phi) is 18.5. The Morgan fingerprint density at radius 3 is 1.76 bits per heavy atom. The minimum atomic E-state index is -0.156. The van der Waals surface area contributed by atoms with E-state index in [0.717, 1.165) is 70.9 Å². The molecule has 1 aliphatic rings. The number of carbonyl (C=O) groups is 2.